The zero-order valence-electron chi connectivity index (χ0n) is 12.5. The van der Waals surface area contributed by atoms with E-state index in [1.165, 1.54) is 11.1 Å². The van der Waals surface area contributed by atoms with E-state index in [2.05, 4.69) is 54.4 Å². The van der Waals surface area contributed by atoms with Crippen LogP contribution in [0.25, 0.3) is 0 Å². The van der Waals surface area contributed by atoms with Gasteiger partial charge in [-0.25, -0.2) is 0 Å². The van der Waals surface area contributed by atoms with Crippen LogP contribution in [0, 0.1) is 12.8 Å². The standard InChI is InChI=1S/C15H26N4/c1-5-17-15(19-10-12(2)3)18-9-7-14-6-8-16-11-13(14)4/h6,8,11-12H,5,7,9-10H2,1-4H3,(H2,17,18,19). The number of aryl methyl sites for hydroxylation is 1. The number of pyridine rings is 1. The fourth-order valence-corrected chi connectivity index (χ4v) is 1.71. The minimum absolute atomic E-state index is 0.581. The van der Waals surface area contributed by atoms with E-state index in [4.69, 9.17) is 0 Å². The van der Waals surface area contributed by atoms with Crippen LogP contribution in [0.4, 0.5) is 0 Å². The van der Waals surface area contributed by atoms with Gasteiger partial charge in [-0.2, -0.15) is 0 Å². The van der Waals surface area contributed by atoms with Gasteiger partial charge in [0, 0.05) is 32.0 Å². The van der Waals surface area contributed by atoms with Crippen molar-refractivity contribution < 1.29 is 0 Å². The molecule has 1 aromatic heterocycles. The quantitative estimate of drug-likeness (QED) is 0.610. The van der Waals surface area contributed by atoms with Crippen molar-refractivity contribution in [2.75, 3.05) is 19.6 Å². The van der Waals surface area contributed by atoms with Crippen molar-refractivity contribution in [3.63, 3.8) is 0 Å². The van der Waals surface area contributed by atoms with Gasteiger partial charge in [0.25, 0.3) is 0 Å². The van der Waals surface area contributed by atoms with Gasteiger partial charge in [0.2, 0.25) is 0 Å². The summed E-state index contributed by atoms with van der Waals surface area (Å²) < 4.78 is 0. The highest BCUT2D eigenvalue weighted by Gasteiger charge is 2.00. The van der Waals surface area contributed by atoms with Gasteiger partial charge in [0.1, 0.15) is 0 Å². The van der Waals surface area contributed by atoms with Gasteiger partial charge in [-0.1, -0.05) is 13.8 Å². The van der Waals surface area contributed by atoms with Gasteiger partial charge in [0.05, 0.1) is 0 Å². The molecule has 4 heteroatoms. The highest BCUT2D eigenvalue weighted by Crippen LogP contribution is 2.04. The van der Waals surface area contributed by atoms with Crippen LogP contribution in [0.3, 0.4) is 0 Å². The Bertz CT molecular complexity index is 399. The zero-order valence-corrected chi connectivity index (χ0v) is 12.5. The van der Waals surface area contributed by atoms with Crippen molar-refractivity contribution >= 4 is 5.96 Å². The molecule has 1 aromatic rings. The lowest BCUT2D eigenvalue weighted by Crippen LogP contribution is -2.38. The summed E-state index contributed by atoms with van der Waals surface area (Å²) in [5.74, 6) is 1.49. The molecule has 1 heterocycles. The third-order valence-corrected chi connectivity index (χ3v) is 2.78. The molecule has 0 saturated carbocycles. The molecule has 0 atom stereocenters. The van der Waals surface area contributed by atoms with Gasteiger partial charge < -0.3 is 10.6 Å². The summed E-state index contributed by atoms with van der Waals surface area (Å²) in [5.41, 5.74) is 2.58. The Balaban J connectivity index is 2.44. The number of rotatable bonds is 6. The van der Waals surface area contributed by atoms with E-state index in [0.29, 0.717) is 5.92 Å². The van der Waals surface area contributed by atoms with Crippen LogP contribution in [0.5, 0.6) is 0 Å². The van der Waals surface area contributed by atoms with E-state index in [1.807, 2.05) is 12.4 Å². The molecule has 0 spiro atoms. The van der Waals surface area contributed by atoms with Gasteiger partial charge in [-0.3, -0.25) is 9.98 Å². The number of hydrogen-bond donors (Lipinski definition) is 2. The van der Waals surface area contributed by atoms with Gasteiger partial charge in [-0.15, -0.1) is 0 Å². The summed E-state index contributed by atoms with van der Waals surface area (Å²) in [5, 5.41) is 6.64. The summed E-state index contributed by atoms with van der Waals surface area (Å²) in [4.78, 5) is 8.66. The maximum Gasteiger partial charge on any atom is 0.191 e. The van der Waals surface area contributed by atoms with E-state index in [1.54, 1.807) is 0 Å². The summed E-state index contributed by atoms with van der Waals surface area (Å²) in [6, 6.07) is 2.08. The maximum absolute atomic E-state index is 4.55. The molecule has 4 nitrogen and oxygen atoms in total. The molecule has 0 fully saturated rings. The normalized spacial score (nSPS) is 11.7. The van der Waals surface area contributed by atoms with Crippen LogP contribution >= 0.6 is 0 Å². The van der Waals surface area contributed by atoms with Crippen molar-refractivity contribution in [1.29, 1.82) is 0 Å². The minimum Gasteiger partial charge on any atom is -0.357 e. The number of nitrogens with one attached hydrogen (secondary N) is 2. The van der Waals surface area contributed by atoms with Crippen LogP contribution in [0.1, 0.15) is 31.9 Å². The molecule has 0 unspecified atom stereocenters. The summed E-state index contributed by atoms with van der Waals surface area (Å²) in [6.45, 7) is 11.2. The van der Waals surface area contributed by atoms with Crippen LogP contribution in [0.15, 0.2) is 23.5 Å². The molecule has 19 heavy (non-hydrogen) atoms. The second kappa shape index (κ2) is 8.51. The Morgan fingerprint density at radius 3 is 2.79 bits per heavy atom. The van der Waals surface area contributed by atoms with Crippen molar-refractivity contribution in [2.45, 2.75) is 34.1 Å². The van der Waals surface area contributed by atoms with E-state index in [-0.39, 0.29) is 0 Å². The van der Waals surface area contributed by atoms with Gasteiger partial charge in [0.15, 0.2) is 5.96 Å². The molecule has 0 radical (unpaired) electrons. The Kier molecular flexibility index (Phi) is 6.93. The monoisotopic (exact) mass is 262 g/mol. The Hall–Kier alpha value is -1.58. The van der Waals surface area contributed by atoms with Crippen LogP contribution in [-0.4, -0.2) is 30.6 Å². The molecule has 106 valence electrons. The molecular weight excluding hydrogens is 236 g/mol. The first-order valence-corrected chi connectivity index (χ1v) is 7.05. The lowest BCUT2D eigenvalue weighted by atomic mass is 10.1. The van der Waals surface area contributed by atoms with Crippen molar-refractivity contribution in [1.82, 2.24) is 15.6 Å². The molecule has 1 rings (SSSR count). The van der Waals surface area contributed by atoms with Crippen molar-refractivity contribution in [3.8, 4) is 0 Å². The lowest BCUT2D eigenvalue weighted by Gasteiger charge is -2.12. The molecule has 0 amide bonds. The average molecular weight is 262 g/mol. The predicted molar refractivity (Wildman–Crippen MR) is 81.5 cm³/mol. The van der Waals surface area contributed by atoms with Crippen molar-refractivity contribution in [3.05, 3.63) is 29.6 Å². The van der Waals surface area contributed by atoms with E-state index < -0.39 is 0 Å². The second-order valence-electron chi connectivity index (χ2n) is 5.09. The van der Waals surface area contributed by atoms with Gasteiger partial charge in [-0.05, 0) is 43.4 Å². The third kappa shape index (κ3) is 6.22. The first kappa shape index (κ1) is 15.5. The summed E-state index contributed by atoms with van der Waals surface area (Å²) in [7, 11) is 0. The SMILES string of the molecule is CCNC(=NCC(C)C)NCCc1ccncc1C. The first-order valence-electron chi connectivity index (χ1n) is 7.05. The smallest absolute Gasteiger partial charge is 0.191 e. The number of aliphatic imine (C=N–C) groups is 1. The zero-order chi connectivity index (χ0) is 14.1. The fourth-order valence-electron chi connectivity index (χ4n) is 1.71. The molecule has 0 aliphatic carbocycles. The number of nitrogens with zero attached hydrogens (tertiary/aromatic N) is 2. The van der Waals surface area contributed by atoms with Crippen LogP contribution < -0.4 is 10.6 Å². The van der Waals surface area contributed by atoms with Crippen LogP contribution in [-0.2, 0) is 6.42 Å². The summed E-state index contributed by atoms with van der Waals surface area (Å²) >= 11 is 0. The van der Waals surface area contributed by atoms with E-state index >= 15 is 0 Å². The lowest BCUT2D eigenvalue weighted by molar-refractivity contribution is 0.656. The summed E-state index contributed by atoms with van der Waals surface area (Å²) in [6.07, 6.45) is 4.74. The highest BCUT2D eigenvalue weighted by molar-refractivity contribution is 5.79. The molecule has 2 N–H and O–H groups in total. The minimum atomic E-state index is 0.581. The highest BCUT2D eigenvalue weighted by atomic mass is 15.2. The van der Waals surface area contributed by atoms with Crippen LogP contribution in [0.2, 0.25) is 0 Å². The number of hydrogen-bond acceptors (Lipinski definition) is 2. The molecule has 0 bridgehead atoms. The van der Waals surface area contributed by atoms with E-state index in [0.717, 1.165) is 32.0 Å². The first-order chi connectivity index (χ1) is 9.13. The Morgan fingerprint density at radius 2 is 2.16 bits per heavy atom. The predicted octanol–water partition coefficient (Wildman–Crippen LogP) is 2.14. The third-order valence-electron chi connectivity index (χ3n) is 2.78. The number of aromatic nitrogens is 1. The average Bonchev–Trinajstić information content (AvgIpc) is 2.38. The topological polar surface area (TPSA) is 49.3 Å². The molecule has 0 aliphatic rings. The Labute approximate surface area is 116 Å². The van der Waals surface area contributed by atoms with Crippen molar-refractivity contribution in [2.24, 2.45) is 10.9 Å². The van der Waals surface area contributed by atoms with E-state index in [9.17, 15) is 0 Å². The molecule has 0 saturated heterocycles. The fraction of sp³-hybridized carbons (Fsp3) is 0.600. The molecular formula is C15H26N4. The molecule has 0 aromatic carbocycles. The maximum atomic E-state index is 4.55. The van der Waals surface area contributed by atoms with Gasteiger partial charge >= 0.3 is 0 Å². The largest absolute Gasteiger partial charge is 0.357 e. The second-order valence-corrected chi connectivity index (χ2v) is 5.09. The molecule has 0 aliphatic heterocycles. The number of guanidine groups is 1. The Morgan fingerprint density at radius 1 is 1.37 bits per heavy atom.